The van der Waals surface area contributed by atoms with Crippen LogP contribution in [0.3, 0.4) is 0 Å². The van der Waals surface area contributed by atoms with E-state index >= 15 is 0 Å². The average Bonchev–Trinajstić information content (AvgIpc) is 3.25. The lowest BCUT2D eigenvalue weighted by Crippen LogP contribution is -2.59. The minimum Gasteiger partial charge on any atom is -0.444 e. The van der Waals surface area contributed by atoms with E-state index in [1.54, 1.807) is 25.7 Å². The number of nitrogens with one attached hydrogen (secondary N) is 2. The normalized spacial score (nSPS) is 27.2. The second-order valence-corrected chi connectivity index (χ2v) is 14.5. The van der Waals surface area contributed by atoms with Crippen molar-refractivity contribution in [2.24, 2.45) is 27.9 Å². The third-order valence-electron chi connectivity index (χ3n) is 9.45. The fraction of sp³-hybridized carbons (Fsp3) is 0.828. The van der Waals surface area contributed by atoms with Gasteiger partial charge in [0.15, 0.2) is 0 Å². The first-order valence-electron chi connectivity index (χ1n) is 14.4. The number of carbonyl (C=O) groups is 5. The molecule has 218 valence electrons. The van der Waals surface area contributed by atoms with Gasteiger partial charge in [0.2, 0.25) is 17.6 Å². The van der Waals surface area contributed by atoms with E-state index in [0.717, 1.165) is 44.9 Å². The zero-order valence-corrected chi connectivity index (χ0v) is 24.4. The van der Waals surface area contributed by atoms with Crippen LogP contribution < -0.4 is 16.4 Å². The number of likely N-dealkylation sites (tertiary alicyclic amines) is 1. The van der Waals surface area contributed by atoms with Crippen LogP contribution in [0.5, 0.6) is 0 Å². The topological polar surface area (TPSA) is 148 Å². The molecule has 4 fully saturated rings. The predicted molar refractivity (Wildman–Crippen MR) is 144 cm³/mol. The molecular weight excluding hydrogens is 500 g/mol. The summed E-state index contributed by atoms with van der Waals surface area (Å²) in [6, 6.07) is -2.72. The molecule has 1 heterocycles. The Morgan fingerprint density at radius 2 is 1.62 bits per heavy atom. The van der Waals surface area contributed by atoms with E-state index in [1.165, 1.54) is 0 Å². The standard InChI is InChI=1S/C29H46N4O6/c1-26(2,3)21(32-25(38)39-27(4,5)6)24(37)33-16-29(15-28(29)11-8-12-28)14-19(33)23(36)31-18(20(34)22(30)35)13-17-9-7-10-17/h17-19,21H,7-16H2,1-6H3,(H2,30,35)(H,31,36)(H,32,38)/t18?,19-,21+,29-/m0/s1. The molecule has 4 aliphatic rings. The lowest BCUT2D eigenvalue weighted by Gasteiger charge is -2.36. The van der Waals surface area contributed by atoms with Crippen molar-refractivity contribution < 1.29 is 28.7 Å². The highest BCUT2D eigenvalue weighted by atomic mass is 16.6. The van der Waals surface area contributed by atoms with Gasteiger partial charge in [-0.1, -0.05) is 46.5 Å². The van der Waals surface area contributed by atoms with Gasteiger partial charge in [-0.25, -0.2) is 4.79 Å². The second kappa shape index (κ2) is 10.1. The van der Waals surface area contributed by atoms with Crippen LogP contribution in [0.25, 0.3) is 0 Å². The quantitative estimate of drug-likeness (QED) is 0.399. The van der Waals surface area contributed by atoms with Crippen molar-refractivity contribution in [1.82, 2.24) is 15.5 Å². The molecule has 0 aromatic heterocycles. The molecule has 0 aromatic rings. The second-order valence-electron chi connectivity index (χ2n) is 14.5. The molecule has 0 radical (unpaired) electrons. The van der Waals surface area contributed by atoms with Crippen LogP contribution in [0, 0.1) is 22.2 Å². The largest absolute Gasteiger partial charge is 0.444 e. The molecule has 1 saturated heterocycles. The summed E-state index contributed by atoms with van der Waals surface area (Å²) < 4.78 is 5.44. The van der Waals surface area contributed by atoms with E-state index in [-0.39, 0.29) is 22.7 Å². The Morgan fingerprint density at radius 3 is 2.05 bits per heavy atom. The van der Waals surface area contributed by atoms with Crippen molar-refractivity contribution >= 4 is 29.6 Å². The smallest absolute Gasteiger partial charge is 0.408 e. The number of nitrogens with two attached hydrogens (primary N) is 1. The minimum atomic E-state index is -1.07. The van der Waals surface area contributed by atoms with Gasteiger partial charge in [0.1, 0.15) is 17.7 Å². The molecule has 0 bridgehead atoms. The zero-order chi connectivity index (χ0) is 29.0. The number of hydrogen-bond donors (Lipinski definition) is 3. The number of alkyl carbamates (subject to hydrolysis) is 1. The Labute approximate surface area is 231 Å². The minimum absolute atomic E-state index is 0.131. The number of nitrogens with zero attached hydrogens (tertiary/aromatic N) is 1. The maximum Gasteiger partial charge on any atom is 0.408 e. The SMILES string of the molecule is CC(C)(C)OC(=O)N[C@H](C(=O)N1C[C@]2(C[C@H]1C(=O)NC(CC1CCC1)C(=O)C(N)=O)CC21CCC1)C(C)(C)C. The van der Waals surface area contributed by atoms with Crippen molar-refractivity contribution in [2.45, 2.75) is 123 Å². The summed E-state index contributed by atoms with van der Waals surface area (Å²) in [6.07, 6.45) is 7.43. The number of hydrogen-bond acceptors (Lipinski definition) is 6. The van der Waals surface area contributed by atoms with E-state index in [0.29, 0.717) is 19.4 Å². The maximum absolute atomic E-state index is 14.1. The summed E-state index contributed by atoms with van der Waals surface area (Å²) in [5, 5.41) is 5.57. The highest BCUT2D eigenvalue weighted by Gasteiger charge is 2.73. The van der Waals surface area contributed by atoms with E-state index in [4.69, 9.17) is 10.5 Å². The number of rotatable bonds is 8. The Balaban J connectivity index is 1.57. The van der Waals surface area contributed by atoms with Crippen LogP contribution in [0.1, 0.15) is 99.3 Å². The molecule has 1 aliphatic heterocycles. The predicted octanol–water partition coefficient (Wildman–Crippen LogP) is 2.82. The fourth-order valence-corrected chi connectivity index (χ4v) is 6.85. The van der Waals surface area contributed by atoms with Crippen LogP contribution in [0.15, 0.2) is 0 Å². The van der Waals surface area contributed by atoms with Crippen molar-refractivity contribution in [2.75, 3.05) is 6.54 Å². The van der Waals surface area contributed by atoms with Crippen LogP contribution in [-0.4, -0.2) is 64.8 Å². The Hall–Kier alpha value is -2.65. The van der Waals surface area contributed by atoms with E-state index in [1.807, 2.05) is 20.8 Å². The number of ether oxygens (including phenoxy) is 1. The van der Waals surface area contributed by atoms with Gasteiger partial charge in [0.05, 0.1) is 6.04 Å². The summed E-state index contributed by atoms with van der Waals surface area (Å²) in [5.74, 6) is -2.40. The number of primary amides is 1. The van der Waals surface area contributed by atoms with Crippen molar-refractivity contribution in [3.05, 3.63) is 0 Å². The van der Waals surface area contributed by atoms with Crippen molar-refractivity contribution in [1.29, 1.82) is 0 Å². The Kier molecular flexibility index (Phi) is 7.58. The van der Waals surface area contributed by atoms with Crippen molar-refractivity contribution in [3.63, 3.8) is 0 Å². The third kappa shape index (κ3) is 5.94. The van der Waals surface area contributed by atoms with Gasteiger partial charge in [-0.2, -0.15) is 0 Å². The number of Topliss-reactive ketones (excluding diaryl/α,β-unsaturated/α-hetero) is 1. The molecular formula is C29H46N4O6. The van der Waals surface area contributed by atoms with E-state index in [9.17, 15) is 24.0 Å². The number of fused-ring (bicyclic) bond motifs is 1. The zero-order valence-electron chi connectivity index (χ0n) is 24.4. The average molecular weight is 547 g/mol. The molecule has 3 aliphatic carbocycles. The summed E-state index contributed by atoms with van der Waals surface area (Å²) in [7, 11) is 0. The van der Waals surface area contributed by atoms with Crippen LogP contribution in [0.2, 0.25) is 0 Å². The highest BCUT2D eigenvalue weighted by Crippen LogP contribution is 2.77. The molecule has 4 N–H and O–H groups in total. The summed E-state index contributed by atoms with van der Waals surface area (Å²) >= 11 is 0. The lowest BCUT2D eigenvalue weighted by molar-refractivity contribution is -0.143. The van der Waals surface area contributed by atoms with Gasteiger partial charge in [-0.3, -0.25) is 19.2 Å². The Morgan fingerprint density at radius 1 is 0.974 bits per heavy atom. The van der Waals surface area contributed by atoms with Crippen LogP contribution in [-0.2, 0) is 23.9 Å². The molecule has 4 atom stereocenters. The number of amides is 4. The van der Waals surface area contributed by atoms with Gasteiger partial charge in [0.25, 0.3) is 5.91 Å². The van der Waals surface area contributed by atoms with Gasteiger partial charge in [0, 0.05) is 6.54 Å². The third-order valence-corrected chi connectivity index (χ3v) is 9.45. The number of ketones is 1. The fourth-order valence-electron chi connectivity index (χ4n) is 6.85. The first kappa shape index (κ1) is 29.3. The van der Waals surface area contributed by atoms with Gasteiger partial charge >= 0.3 is 6.09 Å². The van der Waals surface area contributed by atoms with Gasteiger partial charge in [-0.15, -0.1) is 0 Å². The summed E-state index contributed by atoms with van der Waals surface area (Å²) in [4.78, 5) is 66.6. The first-order chi connectivity index (χ1) is 18.0. The Bertz CT molecular complexity index is 1040. The molecule has 0 aromatic carbocycles. The molecule has 4 amide bonds. The molecule has 1 unspecified atom stereocenters. The molecule has 4 rings (SSSR count). The first-order valence-corrected chi connectivity index (χ1v) is 14.4. The molecule has 2 spiro atoms. The van der Waals surface area contributed by atoms with Gasteiger partial charge in [-0.05, 0) is 75.0 Å². The van der Waals surface area contributed by atoms with Crippen molar-refractivity contribution in [3.8, 4) is 0 Å². The monoisotopic (exact) mass is 546 g/mol. The summed E-state index contributed by atoms with van der Waals surface area (Å²) in [6.45, 7) is 11.3. The maximum atomic E-state index is 14.1. The van der Waals surface area contributed by atoms with Crippen LogP contribution in [0.4, 0.5) is 4.79 Å². The number of carbonyl (C=O) groups excluding carboxylic acids is 5. The molecule has 10 nitrogen and oxygen atoms in total. The van der Waals surface area contributed by atoms with E-state index in [2.05, 4.69) is 10.6 Å². The lowest BCUT2D eigenvalue weighted by atomic mass is 9.74. The highest BCUT2D eigenvalue weighted by molar-refractivity contribution is 6.37. The van der Waals surface area contributed by atoms with Gasteiger partial charge < -0.3 is 26.0 Å². The van der Waals surface area contributed by atoms with E-state index < -0.39 is 52.8 Å². The summed E-state index contributed by atoms with van der Waals surface area (Å²) in [5.41, 5.74) is 3.96. The van der Waals surface area contributed by atoms with Crippen LogP contribution >= 0.6 is 0 Å². The molecule has 3 saturated carbocycles. The molecule has 10 heteroatoms. The molecule has 39 heavy (non-hydrogen) atoms.